The van der Waals surface area contributed by atoms with Gasteiger partial charge in [0.15, 0.2) is 6.61 Å². The zero-order valence-corrected chi connectivity index (χ0v) is 18.3. The summed E-state index contributed by atoms with van der Waals surface area (Å²) in [5, 5.41) is 2.73. The summed E-state index contributed by atoms with van der Waals surface area (Å²) >= 11 is 0. The van der Waals surface area contributed by atoms with Crippen LogP contribution in [0.1, 0.15) is 26.3 Å². The van der Waals surface area contributed by atoms with E-state index in [1.807, 2.05) is 36.4 Å². The molecule has 0 spiro atoms. The molecule has 0 unspecified atom stereocenters. The van der Waals surface area contributed by atoms with E-state index >= 15 is 0 Å². The van der Waals surface area contributed by atoms with Crippen LogP contribution >= 0.6 is 0 Å². The van der Waals surface area contributed by atoms with Gasteiger partial charge < -0.3 is 19.7 Å². The third-order valence-electron chi connectivity index (χ3n) is 4.45. The molecule has 0 atom stereocenters. The van der Waals surface area contributed by atoms with Crippen molar-refractivity contribution in [3.8, 4) is 5.75 Å². The molecule has 0 fully saturated rings. The van der Waals surface area contributed by atoms with Crippen molar-refractivity contribution in [2.75, 3.05) is 30.0 Å². The van der Waals surface area contributed by atoms with E-state index < -0.39 is 11.9 Å². The minimum atomic E-state index is -0.590. The van der Waals surface area contributed by atoms with Crippen LogP contribution in [0.25, 0.3) is 6.08 Å². The minimum absolute atomic E-state index is 0.355. The van der Waals surface area contributed by atoms with Crippen molar-refractivity contribution >= 4 is 29.3 Å². The molecule has 6 nitrogen and oxygen atoms in total. The molecule has 0 radical (unpaired) electrons. The highest BCUT2D eigenvalue weighted by atomic mass is 16.5. The van der Waals surface area contributed by atoms with Crippen LogP contribution in [0.2, 0.25) is 0 Å². The van der Waals surface area contributed by atoms with E-state index in [1.54, 1.807) is 24.3 Å². The number of hydrogen-bond donors (Lipinski definition) is 1. The van der Waals surface area contributed by atoms with E-state index in [4.69, 9.17) is 9.47 Å². The lowest BCUT2D eigenvalue weighted by atomic mass is 10.2. The summed E-state index contributed by atoms with van der Waals surface area (Å²) in [7, 11) is 0. The number of benzene rings is 2. The topological polar surface area (TPSA) is 67.9 Å². The van der Waals surface area contributed by atoms with Crippen molar-refractivity contribution in [2.24, 2.45) is 0 Å². The van der Waals surface area contributed by atoms with Gasteiger partial charge in [0, 0.05) is 30.0 Å². The molecule has 0 aliphatic heterocycles. The van der Waals surface area contributed by atoms with Gasteiger partial charge in [0.1, 0.15) is 12.4 Å². The largest absolute Gasteiger partial charge is 0.490 e. The lowest BCUT2D eigenvalue weighted by Gasteiger charge is -2.27. The molecule has 0 heterocycles. The monoisotopic (exact) mass is 422 g/mol. The molecule has 0 aliphatic rings. The summed E-state index contributed by atoms with van der Waals surface area (Å²) in [4.78, 5) is 26.2. The second-order valence-electron chi connectivity index (χ2n) is 7.08. The van der Waals surface area contributed by atoms with Gasteiger partial charge in [-0.05, 0) is 68.8 Å². The van der Waals surface area contributed by atoms with Crippen LogP contribution in [0, 0.1) is 0 Å². The summed E-state index contributed by atoms with van der Waals surface area (Å²) in [6.07, 6.45) is 4.57. The highest BCUT2D eigenvalue weighted by Gasteiger charge is 2.09. The van der Waals surface area contributed by atoms with Gasteiger partial charge in [-0.1, -0.05) is 24.8 Å². The first-order valence-electron chi connectivity index (χ1n) is 10.3. The second kappa shape index (κ2) is 12.2. The van der Waals surface area contributed by atoms with Gasteiger partial charge in [-0.15, -0.1) is 0 Å². The number of amides is 1. The Kier molecular flexibility index (Phi) is 9.36. The molecule has 1 N–H and O–H groups in total. The van der Waals surface area contributed by atoms with Gasteiger partial charge >= 0.3 is 5.97 Å². The Morgan fingerprint density at radius 2 is 1.77 bits per heavy atom. The lowest BCUT2D eigenvalue weighted by Crippen LogP contribution is -2.30. The third kappa shape index (κ3) is 8.01. The number of carbonyl (C=O) groups is 2. The molecule has 31 heavy (non-hydrogen) atoms. The Labute approximate surface area is 184 Å². The van der Waals surface area contributed by atoms with Gasteiger partial charge in [-0.25, -0.2) is 4.79 Å². The number of ether oxygens (including phenoxy) is 2. The highest BCUT2D eigenvalue weighted by molar-refractivity contribution is 5.94. The summed E-state index contributed by atoms with van der Waals surface area (Å²) in [5.41, 5.74) is 2.56. The van der Waals surface area contributed by atoms with Crippen molar-refractivity contribution in [2.45, 2.75) is 26.8 Å². The first-order valence-corrected chi connectivity index (χ1v) is 10.3. The molecule has 6 heteroatoms. The molecular weight excluding hydrogens is 392 g/mol. The Morgan fingerprint density at radius 3 is 2.35 bits per heavy atom. The molecular formula is C25H30N2O4. The highest BCUT2D eigenvalue weighted by Crippen LogP contribution is 2.20. The van der Waals surface area contributed by atoms with Crippen LogP contribution in [-0.4, -0.2) is 37.7 Å². The molecule has 0 saturated carbocycles. The van der Waals surface area contributed by atoms with Gasteiger partial charge in [-0.3, -0.25) is 4.79 Å². The Morgan fingerprint density at radius 1 is 1.10 bits per heavy atom. The fraction of sp³-hybridized carbons (Fsp3) is 0.280. The maximum absolute atomic E-state index is 12.1. The van der Waals surface area contributed by atoms with Gasteiger partial charge in [0.05, 0.1) is 0 Å². The van der Waals surface area contributed by atoms with Crippen LogP contribution in [0.15, 0.2) is 67.3 Å². The average Bonchev–Trinajstić information content (AvgIpc) is 2.77. The SMILES string of the molecule is C=CCOc1ccc(/C=C/C(=O)OCC(=O)Nc2ccc(N(CC)C(C)C)cc2)cc1. The lowest BCUT2D eigenvalue weighted by molar-refractivity contribution is -0.142. The number of esters is 1. The molecule has 0 aromatic heterocycles. The predicted octanol–water partition coefficient (Wildman–Crippen LogP) is 4.68. The minimum Gasteiger partial charge on any atom is -0.490 e. The normalized spacial score (nSPS) is 10.7. The average molecular weight is 423 g/mol. The number of nitrogens with one attached hydrogen (secondary N) is 1. The van der Waals surface area contributed by atoms with E-state index in [-0.39, 0.29) is 6.61 Å². The van der Waals surface area contributed by atoms with Gasteiger partial charge in [-0.2, -0.15) is 0 Å². The quantitative estimate of drug-likeness (QED) is 0.323. The zero-order chi connectivity index (χ0) is 22.6. The number of hydrogen-bond acceptors (Lipinski definition) is 5. The van der Waals surface area contributed by atoms with Gasteiger partial charge in [0.25, 0.3) is 5.91 Å². The van der Waals surface area contributed by atoms with Crippen LogP contribution in [-0.2, 0) is 14.3 Å². The first-order chi connectivity index (χ1) is 14.9. The van der Waals surface area contributed by atoms with Crippen molar-refractivity contribution < 1.29 is 19.1 Å². The third-order valence-corrected chi connectivity index (χ3v) is 4.45. The molecule has 0 bridgehead atoms. The summed E-state index contributed by atoms with van der Waals surface area (Å²) in [5.74, 6) is -0.265. The fourth-order valence-corrected chi connectivity index (χ4v) is 2.96. The summed E-state index contributed by atoms with van der Waals surface area (Å²) in [6.45, 7) is 11.0. The van der Waals surface area contributed by atoms with E-state index in [2.05, 4.69) is 37.6 Å². The van der Waals surface area contributed by atoms with Crippen molar-refractivity contribution in [1.82, 2.24) is 0 Å². The fourth-order valence-electron chi connectivity index (χ4n) is 2.96. The number of rotatable bonds is 11. The van der Waals surface area contributed by atoms with Crippen LogP contribution < -0.4 is 15.0 Å². The number of carbonyl (C=O) groups excluding carboxylic acids is 2. The van der Waals surface area contributed by atoms with E-state index in [9.17, 15) is 9.59 Å². The molecule has 1 amide bonds. The molecule has 164 valence electrons. The predicted molar refractivity (Wildman–Crippen MR) is 125 cm³/mol. The van der Waals surface area contributed by atoms with Crippen LogP contribution in [0.4, 0.5) is 11.4 Å². The molecule has 2 aromatic carbocycles. The van der Waals surface area contributed by atoms with Crippen molar-refractivity contribution in [3.63, 3.8) is 0 Å². The summed E-state index contributed by atoms with van der Waals surface area (Å²) in [6, 6.07) is 15.2. The molecule has 2 aromatic rings. The maximum Gasteiger partial charge on any atom is 0.331 e. The number of nitrogens with zero attached hydrogens (tertiary/aromatic N) is 1. The number of anilines is 2. The maximum atomic E-state index is 12.1. The van der Waals surface area contributed by atoms with Crippen molar-refractivity contribution in [3.05, 3.63) is 72.8 Å². The van der Waals surface area contributed by atoms with Crippen molar-refractivity contribution in [1.29, 1.82) is 0 Å². The summed E-state index contributed by atoms with van der Waals surface area (Å²) < 4.78 is 10.4. The molecule has 0 saturated heterocycles. The first kappa shape index (κ1) is 23.7. The standard InChI is InChI=1S/C25H30N2O4/c1-5-17-30-23-14-7-20(8-15-23)9-16-25(29)31-18-24(28)26-21-10-12-22(13-11-21)27(6-2)19(3)4/h5,7-16,19H,1,6,17-18H2,2-4H3,(H,26,28)/b16-9+. The van der Waals surface area contributed by atoms with E-state index in [0.29, 0.717) is 18.3 Å². The Hall–Kier alpha value is -3.54. The second-order valence-corrected chi connectivity index (χ2v) is 7.08. The molecule has 0 aliphatic carbocycles. The van der Waals surface area contributed by atoms with E-state index in [0.717, 1.165) is 23.5 Å². The van der Waals surface area contributed by atoms with Crippen LogP contribution in [0.3, 0.4) is 0 Å². The zero-order valence-electron chi connectivity index (χ0n) is 18.3. The van der Waals surface area contributed by atoms with E-state index in [1.165, 1.54) is 6.08 Å². The Balaban J connectivity index is 1.79. The molecule has 2 rings (SSSR count). The Bertz CT molecular complexity index is 887. The smallest absolute Gasteiger partial charge is 0.331 e. The van der Waals surface area contributed by atoms with Crippen LogP contribution in [0.5, 0.6) is 5.75 Å². The van der Waals surface area contributed by atoms with Gasteiger partial charge in [0.2, 0.25) is 0 Å².